The largest absolute Gasteiger partial charge is 0.466 e. The van der Waals surface area contributed by atoms with Crippen molar-refractivity contribution in [3.63, 3.8) is 0 Å². The maximum Gasteiger partial charge on any atom is 0.330 e. The zero-order chi connectivity index (χ0) is 26.9. The minimum Gasteiger partial charge on any atom is -0.466 e. The molecule has 2 bridgehead atoms. The van der Waals surface area contributed by atoms with Crippen molar-refractivity contribution in [2.75, 3.05) is 12.0 Å². The van der Waals surface area contributed by atoms with Crippen LogP contribution in [0.25, 0.3) is 28.1 Å². The van der Waals surface area contributed by atoms with Gasteiger partial charge in [0.2, 0.25) is 5.91 Å². The van der Waals surface area contributed by atoms with Gasteiger partial charge in [0.05, 0.1) is 37.3 Å². The van der Waals surface area contributed by atoms with Crippen LogP contribution in [0.3, 0.4) is 0 Å². The summed E-state index contributed by atoms with van der Waals surface area (Å²) >= 11 is 0. The van der Waals surface area contributed by atoms with E-state index in [9.17, 15) is 9.59 Å². The summed E-state index contributed by atoms with van der Waals surface area (Å²) in [6.45, 7) is 0.459. The molecule has 7 heteroatoms. The lowest BCUT2D eigenvalue weighted by Crippen LogP contribution is -2.38. The summed E-state index contributed by atoms with van der Waals surface area (Å²) in [5, 5.41) is 5.45. The van der Waals surface area contributed by atoms with Crippen LogP contribution in [-0.4, -0.2) is 33.8 Å². The molecular formula is C32H32N4O3. The van der Waals surface area contributed by atoms with E-state index in [1.165, 1.54) is 26.0 Å². The molecule has 4 aromatic rings. The Morgan fingerprint density at radius 2 is 1.85 bits per heavy atom. The summed E-state index contributed by atoms with van der Waals surface area (Å²) in [7, 11) is 3.29. The molecule has 2 aromatic heterocycles. The molecule has 6 rings (SSSR count). The number of aryl methyl sites for hydroxylation is 1. The number of carbonyl (C=O) groups is 2. The van der Waals surface area contributed by atoms with Gasteiger partial charge in [-0.25, -0.2) is 4.79 Å². The molecule has 2 saturated carbocycles. The fraction of sp³-hybridized carbons (Fsp3) is 0.312. The van der Waals surface area contributed by atoms with Gasteiger partial charge < -0.3 is 9.64 Å². The number of ether oxygens (including phenoxy) is 1. The number of aromatic nitrogens is 3. The molecule has 3 atom stereocenters. The average Bonchev–Trinajstić information content (AvgIpc) is 3.71. The standard InChI is InChI=1S/C32H32N4O3/c1-35-30-11-10-25(16-27(30)18-34-35)24-7-3-21(4-8-24)20-36(32(38)29-15-22-5-9-26(29)13-22)28-14-23(17-33-19-28)6-12-31(37)39-2/h3-4,6-8,10-12,14,16-19,22,26,29H,5,9,13,15,20H2,1-2H3/b12-6+/t22-,26+,29-/m1/s1. The highest BCUT2D eigenvalue weighted by Crippen LogP contribution is 2.49. The monoisotopic (exact) mass is 520 g/mol. The van der Waals surface area contributed by atoms with Crippen molar-refractivity contribution in [2.45, 2.75) is 32.2 Å². The van der Waals surface area contributed by atoms with Crippen LogP contribution >= 0.6 is 0 Å². The molecule has 2 aliphatic rings. The smallest absolute Gasteiger partial charge is 0.330 e. The fourth-order valence-electron chi connectivity index (χ4n) is 6.29. The predicted molar refractivity (Wildman–Crippen MR) is 152 cm³/mol. The zero-order valence-electron chi connectivity index (χ0n) is 22.3. The van der Waals surface area contributed by atoms with E-state index in [1.807, 2.05) is 28.9 Å². The maximum atomic E-state index is 14.0. The van der Waals surface area contributed by atoms with Crippen LogP contribution in [0.1, 0.15) is 36.8 Å². The SMILES string of the molecule is COC(=O)/C=C/c1cncc(N(Cc2ccc(-c3ccc4c(cnn4C)c3)cc2)C(=O)[C@@H]2C[C@@H]3CC[C@H]2C3)c1. The third-order valence-electron chi connectivity index (χ3n) is 8.37. The maximum absolute atomic E-state index is 14.0. The normalized spacial score (nSPS) is 20.1. The molecule has 0 N–H and O–H groups in total. The van der Waals surface area contributed by atoms with Gasteiger partial charge in [-0.05, 0) is 77.6 Å². The lowest BCUT2D eigenvalue weighted by Gasteiger charge is -2.30. The van der Waals surface area contributed by atoms with E-state index in [1.54, 1.807) is 18.5 Å². The Labute approximate surface area is 228 Å². The molecule has 0 radical (unpaired) electrons. The van der Waals surface area contributed by atoms with Gasteiger partial charge >= 0.3 is 5.97 Å². The zero-order valence-corrected chi connectivity index (χ0v) is 22.3. The van der Waals surface area contributed by atoms with E-state index >= 15 is 0 Å². The second kappa shape index (κ2) is 10.5. The first kappa shape index (κ1) is 25.0. The number of anilines is 1. The number of rotatable bonds is 7. The van der Waals surface area contributed by atoms with Crippen LogP contribution in [0.5, 0.6) is 0 Å². The number of benzene rings is 2. The van der Waals surface area contributed by atoms with E-state index < -0.39 is 5.97 Å². The average molecular weight is 521 g/mol. The first-order valence-corrected chi connectivity index (χ1v) is 13.5. The number of carbonyl (C=O) groups excluding carboxylic acids is 2. The van der Waals surface area contributed by atoms with Crippen molar-refractivity contribution < 1.29 is 14.3 Å². The minimum atomic E-state index is -0.432. The Balaban J connectivity index is 1.28. The molecule has 2 fully saturated rings. The van der Waals surface area contributed by atoms with Crippen LogP contribution in [-0.2, 0) is 27.9 Å². The van der Waals surface area contributed by atoms with Crippen molar-refractivity contribution in [2.24, 2.45) is 24.8 Å². The molecule has 2 aliphatic carbocycles. The number of hydrogen-bond donors (Lipinski definition) is 0. The van der Waals surface area contributed by atoms with Crippen LogP contribution in [0.2, 0.25) is 0 Å². The fourth-order valence-corrected chi connectivity index (χ4v) is 6.29. The summed E-state index contributed by atoms with van der Waals surface area (Å²) in [6.07, 6.45) is 12.9. The van der Waals surface area contributed by atoms with Gasteiger partial charge in [-0.1, -0.05) is 36.8 Å². The summed E-state index contributed by atoms with van der Waals surface area (Å²) in [6, 6.07) is 16.7. The second-order valence-corrected chi connectivity index (χ2v) is 10.8. The van der Waals surface area contributed by atoms with Gasteiger partial charge in [0, 0.05) is 30.6 Å². The van der Waals surface area contributed by atoms with Crippen LogP contribution < -0.4 is 4.90 Å². The summed E-state index contributed by atoms with van der Waals surface area (Å²) in [5.74, 6) is 0.950. The Hall–Kier alpha value is -4.26. The number of esters is 1. The Kier molecular flexibility index (Phi) is 6.73. The van der Waals surface area contributed by atoms with Gasteiger partial charge in [-0.3, -0.25) is 14.5 Å². The van der Waals surface area contributed by atoms with E-state index in [0.717, 1.165) is 51.7 Å². The molecule has 0 saturated heterocycles. The molecule has 39 heavy (non-hydrogen) atoms. The molecule has 2 heterocycles. The van der Waals surface area contributed by atoms with Crippen LogP contribution in [0, 0.1) is 17.8 Å². The number of methoxy groups -OCH3 is 1. The molecule has 2 aromatic carbocycles. The highest BCUT2D eigenvalue weighted by atomic mass is 16.5. The highest BCUT2D eigenvalue weighted by Gasteiger charge is 2.44. The quantitative estimate of drug-likeness (QED) is 0.228. The molecule has 0 spiro atoms. The van der Waals surface area contributed by atoms with Gasteiger partial charge in [0.1, 0.15) is 0 Å². The molecule has 0 aliphatic heterocycles. The molecule has 0 unspecified atom stereocenters. The molecule has 7 nitrogen and oxygen atoms in total. The van der Waals surface area contributed by atoms with Crippen molar-refractivity contribution in [3.05, 3.63) is 84.3 Å². The molecular weight excluding hydrogens is 488 g/mol. The van der Waals surface area contributed by atoms with Crippen molar-refractivity contribution in [1.29, 1.82) is 0 Å². The number of amides is 1. The van der Waals surface area contributed by atoms with Gasteiger partial charge in [-0.2, -0.15) is 5.10 Å². The second-order valence-electron chi connectivity index (χ2n) is 10.8. The van der Waals surface area contributed by atoms with Gasteiger partial charge in [-0.15, -0.1) is 0 Å². The van der Waals surface area contributed by atoms with Crippen molar-refractivity contribution >= 4 is 34.5 Å². The minimum absolute atomic E-state index is 0.0588. The summed E-state index contributed by atoms with van der Waals surface area (Å²) < 4.78 is 6.59. The van der Waals surface area contributed by atoms with Crippen molar-refractivity contribution in [3.8, 4) is 11.1 Å². The number of nitrogens with zero attached hydrogens (tertiary/aromatic N) is 4. The number of hydrogen-bond acceptors (Lipinski definition) is 5. The topological polar surface area (TPSA) is 77.3 Å². The molecule has 1 amide bonds. The lowest BCUT2D eigenvalue weighted by molar-refractivity contribution is -0.134. The summed E-state index contributed by atoms with van der Waals surface area (Å²) in [4.78, 5) is 31.8. The van der Waals surface area contributed by atoms with E-state index in [4.69, 9.17) is 4.74 Å². The van der Waals surface area contributed by atoms with Crippen molar-refractivity contribution in [1.82, 2.24) is 14.8 Å². The predicted octanol–water partition coefficient (Wildman–Crippen LogP) is 5.79. The lowest BCUT2D eigenvalue weighted by atomic mass is 9.87. The van der Waals surface area contributed by atoms with E-state index in [2.05, 4.69) is 52.5 Å². The third-order valence-corrected chi connectivity index (χ3v) is 8.37. The van der Waals surface area contributed by atoms with E-state index in [0.29, 0.717) is 18.4 Å². The summed E-state index contributed by atoms with van der Waals surface area (Å²) in [5.41, 5.74) is 5.87. The number of fused-ring (bicyclic) bond motifs is 3. The Morgan fingerprint density at radius 3 is 2.59 bits per heavy atom. The Morgan fingerprint density at radius 1 is 1.03 bits per heavy atom. The number of pyridine rings is 1. The van der Waals surface area contributed by atoms with Crippen LogP contribution in [0.4, 0.5) is 5.69 Å². The first-order valence-electron chi connectivity index (χ1n) is 13.5. The van der Waals surface area contributed by atoms with Crippen LogP contribution in [0.15, 0.2) is 73.2 Å². The third kappa shape index (κ3) is 5.09. The first-order chi connectivity index (χ1) is 19.0. The molecule has 198 valence electrons. The van der Waals surface area contributed by atoms with Gasteiger partial charge in [0.25, 0.3) is 0 Å². The van der Waals surface area contributed by atoms with Gasteiger partial charge in [0.15, 0.2) is 0 Å². The Bertz CT molecular complexity index is 1560. The highest BCUT2D eigenvalue weighted by molar-refractivity contribution is 5.96. The van der Waals surface area contributed by atoms with E-state index in [-0.39, 0.29) is 11.8 Å².